The lowest BCUT2D eigenvalue weighted by Gasteiger charge is -2.32. The summed E-state index contributed by atoms with van der Waals surface area (Å²) in [6, 6.07) is 11.3. The molecule has 3 unspecified atom stereocenters. The van der Waals surface area contributed by atoms with Gasteiger partial charge in [-0.15, -0.1) is 0 Å². The van der Waals surface area contributed by atoms with E-state index in [4.69, 9.17) is 9.47 Å². The van der Waals surface area contributed by atoms with Crippen LogP contribution in [0.3, 0.4) is 0 Å². The average molecular weight is 496 g/mol. The second-order valence-electron chi connectivity index (χ2n) is 7.95. The van der Waals surface area contributed by atoms with Gasteiger partial charge in [0.15, 0.2) is 4.80 Å². The molecule has 2 aromatic carbocycles. The van der Waals surface area contributed by atoms with Gasteiger partial charge in [0.2, 0.25) is 0 Å². The van der Waals surface area contributed by atoms with Crippen LogP contribution in [0.25, 0.3) is 6.08 Å². The number of rotatable bonds is 5. The van der Waals surface area contributed by atoms with Crippen molar-refractivity contribution in [2.75, 3.05) is 7.11 Å². The average Bonchev–Trinajstić information content (AvgIpc) is 3.12. The van der Waals surface area contributed by atoms with Crippen LogP contribution in [0.5, 0.6) is 5.75 Å². The number of aromatic nitrogens is 1. The zero-order valence-electron chi connectivity index (χ0n) is 19.0. The van der Waals surface area contributed by atoms with Gasteiger partial charge >= 0.3 is 11.9 Å². The lowest BCUT2D eigenvalue weighted by molar-refractivity contribution is -0.384. The predicted molar refractivity (Wildman–Crippen MR) is 127 cm³/mol. The molecule has 1 aliphatic rings. The second-order valence-corrected chi connectivity index (χ2v) is 8.96. The smallest absolute Gasteiger partial charge is 0.313 e. The van der Waals surface area contributed by atoms with E-state index in [1.54, 1.807) is 49.4 Å². The van der Waals surface area contributed by atoms with Crippen LogP contribution < -0.4 is 19.6 Å². The number of non-ortho nitro benzene ring substituents is 1. The Morgan fingerprint density at radius 3 is 2.54 bits per heavy atom. The first-order valence-corrected chi connectivity index (χ1v) is 11.4. The zero-order valence-corrected chi connectivity index (χ0v) is 19.9. The molecule has 0 N–H and O–H groups in total. The van der Waals surface area contributed by atoms with Crippen molar-refractivity contribution in [1.29, 1.82) is 0 Å². The third-order valence-corrected chi connectivity index (χ3v) is 6.62. The van der Waals surface area contributed by atoms with Crippen LogP contribution in [0.4, 0.5) is 5.69 Å². The molecule has 0 fully saturated rings. The van der Waals surface area contributed by atoms with E-state index in [1.807, 2.05) is 0 Å². The first-order chi connectivity index (χ1) is 16.7. The Balaban J connectivity index is 1.88. The van der Waals surface area contributed by atoms with E-state index in [2.05, 4.69) is 4.99 Å². The fourth-order valence-corrected chi connectivity index (χ4v) is 5.19. The molecule has 0 saturated heterocycles. The minimum Gasteiger partial charge on any atom is -0.469 e. The lowest BCUT2D eigenvalue weighted by Crippen LogP contribution is -2.47. The van der Waals surface area contributed by atoms with Gasteiger partial charge in [0.05, 0.1) is 28.6 Å². The van der Waals surface area contributed by atoms with Crippen molar-refractivity contribution in [3.8, 4) is 5.75 Å². The number of hydrogen-bond donors (Lipinski definition) is 0. The summed E-state index contributed by atoms with van der Waals surface area (Å²) < 4.78 is 11.9. The number of esters is 2. The normalized spacial score (nSPS) is 19.4. The van der Waals surface area contributed by atoms with Gasteiger partial charge < -0.3 is 9.47 Å². The molecule has 0 radical (unpaired) electrons. The summed E-state index contributed by atoms with van der Waals surface area (Å²) >= 11 is 1.14. The number of nitro benzene ring substituents is 1. The number of hydrogen-bond acceptors (Lipinski definition) is 9. The molecular weight excluding hydrogens is 474 g/mol. The van der Waals surface area contributed by atoms with Gasteiger partial charge in [0.25, 0.3) is 11.2 Å². The van der Waals surface area contributed by atoms with Gasteiger partial charge in [0.1, 0.15) is 11.7 Å². The highest BCUT2D eigenvalue weighted by Gasteiger charge is 2.40. The van der Waals surface area contributed by atoms with E-state index >= 15 is 0 Å². The van der Waals surface area contributed by atoms with Crippen LogP contribution in [0.15, 0.2) is 58.3 Å². The molecule has 0 bridgehead atoms. The quantitative estimate of drug-likeness (QED) is 0.229. The van der Waals surface area contributed by atoms with Crippen molar-refractivity contribution in [3.05, 3.63) is 89.5 Å². The van der Waals surface area contributed by atoms with Gasteiger partial charge in [-0.05, 0) is 36.3 Å². The minimum absolute atomic E-state index is 0.0880. The first-order valence-electron chi connectivity index (χ1n) is 10.6. The molecule has 1 aromatic heterocycles. The highest BCUT2D eigenvalue weighted by molar-refractivity contribution is 7.07. The molecular formula is C24H21N3O7S. The second kappa shape index (κ2) is 9.63. The summed E-state index contributed by atoms with van der Waals surface area (Å²) in [6.45, 7) is 3.07. The molecule has 0 saturated carbocycles. The Morgan fingerprint density at radius 2 is 1.91 bits per heavy atom. The molecule has 4 rings (SSSR count). The SMILES string of the molecule is COC(=O)C1C(C)N=c2s/c(=C/c3cccc([N+](=O)[O-])c3)c(=O)n2C1c1ccc(OC(C)=O)cc1. The van der Waals surface area contributed by atoms with E-state index in [9.17, 15) is 24.5 Å². The summed E-state index contributed by atoms with van der Waals surface area (Å²) in [6.07, 6.45) is 1.57. The van der Waals surface area contributed by atoms with Gasteiger partial charge in [-0.2, -0.15) is 0 Å². The Kier molecular flexibility index (Phi) is 6.61. The van der Waals surface area contributed by atoms with Crippen molar-refractivity contribution in [1.82, 2.24) is 4.57 Å². The van der Waals surface area contributed by atoms with E-state index in [0.29, 0.717) is 26.2 Å². The largest absolute Gasteiger partial charge is 0.469 e. The van der Waals surface area contributed by atoms with Crippen molar-refractivity contribution in [2.45, 2.75) is 25.9 Å². The maximum Gasteiger partial charge on any atom is 0.313 e. The number of nitrogens with zero attached hydrogens (tertiary/aromatic N) is 3. The molecule has 35 heavy (non-hydrogen) atoms. The molecule has 10 nitrogen and oxygen atoms in total. The molecule has 1 aliphatic heterocycles. The number of thiazole rings is 1. The standard InChI is InChI=1S/C24H21N3O7S/c1-13-20(23(30)33-3)21(16-7-9-18(10-8-16)34-14(2)28)26-22(29)19(35-24(26)25-13)12-15-5-4-6-17(11-15)27(31)32/h4-13,20-21H,1-3H3/b19-12+. The monoisotopic (exact) mass is 495 g/mol. The number of nitro groups is 1. The summed E-state index contributed by atoms with van der Waals surface area (Å²) in [5, 5.41) is 11.1. The molecule has 3 aromatic rings. The van der Waals surface area contributed by atoms with Crippen LogP contribution in [-0.4, -0.2) is 34.6 Å². The van der Waals surface area contributed by atoms with Crippen molar-refractivity contribution in [2.24, 2.45) is 10.9 Å². The predicted octanol–water partition coefficient (Wildman–Crippen LogP) is 1.97. The molecule has 11 heteroatoms. The molecule has 2 heterocycles. The van der Waals surface area contributed by atoms with Gasteiger partial charge in [0, 0.05) is 19.1 Å². The number of ether oxygens (including phenoxy) is 2. The number of fused-ring (bicyclic) bond motifs is 1. The number of carbonyl (C=O) groups excluding carboxylic acids is 2. The van der Waals surface area contributed by atoms with E-state index in [-0.39, 0.29) is 11.2 Å². The van der Waals surface area contributed by atoms with Crippen molar-refractivity contribution < 1.29 is 24.0 Å². The highest BCUT2D eigenvalue weighted by atomic mass is 32.1. The maximum atomic E-state index is 13.5. The minimum atomic E-state index is -0.773. The molecule has 0 aliphatic carbocycles. The van der Waals surface area contributed by atoms with Crippen molar-refractivity contribution in [3.63, 3.8) is 0 Å². The van der Waals surface area contributed by atoms with Gasteiger partial charge in [-0.3, -0.25) is 34.1 Å². The fourth-order valence-electron chi connectivity index (χ4n) is 4.10. The Hall–Kier alpha value is -4.12. The summed E-state index contributed by atoms with van der Waals surface area (Å²) in [4.78, 5) is 53.2. The lowest BCUT2D eigenvalue weighted by atomic mass is 9.86. The number of carbonyl (C=O) groups is 2. The summed E-state index contributed by atoms with van der Waals surface area (Å²) in [7, 11) is 1.28. The van der Waals surface area contributed by atoms with Crippen LogP contribution in [0, 0.1) is 16.0 Å². The Labute approximate surface area is 202 Å². The van der Waals surface area contributed by atoms with Gasteiger partial charge in [-0.1, -0.05) is 35.6 Å². The summed E-state index contributed by atoms with van der Waals surface area (Å²) in [5.41, 5.74) is 0.668. The Bertz CT molecular complexity index is 1490. The van der Waals surface area contributed by atoms with E-state index in [1.165, 1.54) is 30.7 Å². The van der Waals surface area contributed by atoms with Crippen molar-refractivity contribution >= 4 is 35.0 Å². The van der Waals surface area contributed by atoms with E-state index in [0.717, 1.165) is 11.3 Å². The van der Waals surface area contributed by atoms with Crippen LogP contribution in [0.1, 0.15) is 31.0 Å². The molecule has 0 spiro atoms. The number of benzene rings is 2. The molecule has 0 amide bonds. The zero-order chi connectivity index (χ0) is 25.3. The van der Waals surface area contributed by atoms with Gasteiger partial charge in [-0.25, -0.2) is 0 Å². The highest BCUT2D eigenvalue weighted by Crippen LogP contribution is 2.33. The fraction of sp³-hybridized carbons (Fsp3) is 0.250. The third-order valence-electron chi connectivity index (χ3n) is 5.62. The number of methoxy groups -OCH3 is 1. The van der Waals surface area contributed by atoms with E-state index < -0.39 is 34.9 Å². The van der Waals surface area contributed by atoms with Crippen LogP contribution >= 0.6 is 11.3 Å². The maximum absolute atomic E-state index is 13.5. The topological polar surface area (TPSA) is 130 Å². The summed E-state index contributed by atoms with van der Waals surface area (Å²) in [5.74, 6) is -1.41. The third kappa shape index (κ3) is 4.76. The van der Waals surface area contributed by atoms with Crippen LogP contribution in [0.2, 0.25) is 0 Å². The molecule has 180 valence electrons. The molecule has 3 atom stereocenters. The van der Waals surface area contributed by atoms with Crippen LogP contribution in [-0.2, 0) is 14.3 Å². The Morgan fingerprint density at radius 1 is 1.20 bits per heavy atom. The first kappa shape index (κ1) is 24.0.